The molecule has 0 fully saturated rings. The summed E-state index contributed by atoms with van der Waals surface area (Å²) in [6.45, 7) is 8.26. The van der Waals surface area contributed by atoms with Gasteiger partial charge in [-0.25, -0.2) is 4.98 Å². The lowest BCUT2D eigenvalue weighted by atomic mass is 9.94. The SMILES string of the molecule is CCOC(C)(c1ccoc1)c1oc(C)nc1C. The second-order valence-corrected chi connectivity index (χ2v) is 4.13. The van der Waals surface area contributed by atoms with E-state index >= 15 is 0 Å². The quantitative estimate of drug-likeness (QED) is 0.816. The third-order valence-electron chi connectivity index (χ3n) is 2.84. The number of oxazole rings is 1. The van der Waals surface area contributed by atoms with Gasteiger partial charge in [0.2, 0.25) is 0 Å². The van der Waals surface area contributed by atoms with Gasteiger partial charge in [0.1, 0.15) is 0 Å². The fourth-order valence-corrected chi connectivity index (χ4v) is 2.08. The second-order valence-electron chi connectivity index (χ2n) is 4.13. The van der Waals surface area contributed by atoms with E-state index in [9.17, 15) is 0 Å². The molecule has 1 atom stereocenters. The van der Waals surface area contributed by atoms with Crippen LogP contribution in [0.5, 0.6) is 0 Å². The molecule has 0 aromatic carbocycles. The smallest absolute Gasteiger partial charge is 0.191 e. The zero-order chi connectivity index (χ0) is 12.5. The molecule has 1 unspecified atom stereocenters. The zero-order valence-corrected chi connectivity index (χ0v) is 10.6. The molecular weight excluding hydrogens is 218 g/mol. The summed E-state index contributed by atoms with van der Waals surface area (Å²) in [5.74, 6) is 1.38. The van der Waals surface area contributed by atoms with Crippen molar-refractivity contribution in [1.29, 1.82) is 0 Å². The summed E-state index contributed by atoms with van der Waals surface area (Å²) in [6.07, 6.45) is 3.30. The van der Waals surface area contributed by atoms with Crippen LogP contribution < -0.4 is 0 Å². The van der Waals surface area contributed by atoms with Crippen LogP contribution in [0.1, 0.15) is 36.8 Å². The van der Waals surface area contributed by atoms with Crippen molar-refractivity contribution in [3.63, 3.8) is 0 Å². The minimum Gasteiger partial charge on any atom is -0.472 e. The highest BCUT2D eigenvalue weighted by Gasteiger charge is 2.36. The minimum absolute atomic E-state index is 0.584. The first-order chi connectivity index (χ1) is 8.08. The molecule has 4 heteroatoms. The van der Waals surface area contributed by atoms with Gasteiger partial charge in [-0.15, -0.1) is 0 Å². The Hall–Kier alpha value is -1.55. The maximum Gasteiger partial charge on any atom is 0.191 e. The summed E-state index contributed by atoms with van der Waals surface area (Å²) < 4.78 is 16.7. The molecule has 0 N–H and O–H groups in total. The first-order valence-corrected chi connectivity index (χ1v) is 5.69. The van der Waals surface area contributed by atoms with Crippen LogP contribution in [0.4, 0.5) is 0 Å². The molecule has 2 aromatic heterocycles. The zero-order valence-electron chi connectivity index (χ0n) is 10.6. The Balaban J connectivity index is 2.51. The van der Waals surface area contributed by atoms with Crippen molar-refractivity contribution in [2.24, 2.45) is 0 Å². The normalized spacial score (nSPS) is 14.8. The minimum atomic E-state index is -0.646. The predicted molar refractivity (Wildman–Crippen MR) is 62.8 cm³/mol. The number of furan rings is 1. The van der Waals surface area contributed by atoms with Crippen molar-refractivity contribution in [3.05, 3.63) is 41.5 Å². The molecule has 0 radical (unpaired) electrons. The van der Waals surface area contributed by atoms with Crippen LogP contribution in [-0.2, 0) is 10.3 Å². The van der Waals surface area contributed by atoms with Crippen LogP contribution in [-0.4, -0.2) is 11.6 Å². The number of nitrogens with zero attached hydrogens (tertiary/aromatic N) is 1. The summed E-state index contributed by atoms with van der Waals surface area (Å²) in [5, 5.41) is 0. The van der Waals surface area contributed by atoms with E-state index in [2.05, 4.69) is 4.98 Å². The van der Waals surface area contributed by atoms with E-state index in [1.165, 1.54) is 0 Å². The number of aromatic nitrogens is 1. The highest BCUT2D eigenvalue weighted by molar-refractivity contribution is 5.30. The Morgan fingerprint density at radius 3 is 2.65 bits per heavy atom. The molecule has 0 bridgehead atoms. The van der Waals surface area contributed by atoms with Crippen molar-refractivity contribution in [3.8, 4) is 0 Å². The maximum absolute atomic E-state index is 5.86. The van der Waals surface area contributed by atoms with Gasteiger partial charge in [0.15, 0.2) is 17.3 Å². The van der Waals surface area contributed by atoms with Gasteiger partial charge >= 0.3 is 0 Å². The molecule has 0 amide bonds. The summed E-state index contributed by atoms with van der Waals surface area (Å²) >= 11 is 0. The van der Waals surface area contributed by atoms with Crippen LogP contribution in [0.15, 0.2) is 27.4 Å². The first kappa shape index (κ1) is 11.9. The third kappa shape index (κ3) is 2.00. The summed E-state index contributed by atoms with van der Waals surface area (Å²) in [4.78, 5) is 4.29. The molecular formula is C13H17NO3. The van der Waals surface area contributed by atoms with Crippen molar-refractivity contribution < 1.29 is 13.6 Å². The molecule has 0 aliphatic carbocycles. The predicted octanol–water partition coefficient (Wildman–Crippen LogP) is 3.18. The Bertz CT molecular complexity index is 487. The van der Waals surface area contributed by atoms with E-state index in [1.54, 1.807) is 12.5 Å². The van der Waals surface area contributed by atoms with E-state index in [-0.39, 0.29) is 0 Å². The largest absolute Gasteiger partial charge is 0.472 e. The highest BCUT2D eigenvalue weighted by Crippen LogP contribution is 2.35. The Morgan fingerprint density at radius 1 is 1.41 bits per heavy atom. The first-order valence-electron chi connectivity index (χ1n) is 5.69. The van der Waals surface area contributed by atoms with Crippen LogP contribution >= 0.6 is 0 Å². The average Bonchev–Trinajstić information content (AvgIpc) is 2.88. The second kappa shape index (κ2) is 4.37. The van der Waals surface area contributed by atoms with Gasteiger partial charge in [-0.2, -0.15) is 0 Å². The molecule has 92 valence electrons. The third-order valence-corrected chi connectivity index (χ3v) is 2.84. The maximum atomic E-state index is 5.86. The molecule has 2 rings (SSSR count). The van der Waals surface area contributed by atoms with Crippen molar-refractivity contribution in [2.75, 3.05) is 6.61 Å². The lowest BCUT2D eigenvalue weighted by Crippen LogP contribution is -2.27. The summed E-state index contributed by atoms with van der Waals surface area (Å²) in [7, 11) is 0. The van der Waals surface area contributed by atoms with Gasteiger partial charge in [0.05, 0.1) is 18.2 Å². The average molecular weight is 235 g/mol. The Kier molecular flexibility index (Phi) is 3.07. The standard InChI is InChI=1S/C13H17NO3/c1-5-16-13(4,11-6-7-15-8-11)12-9(2)14-10(3)17-12/h6-8H,5H2,1-4H3. The van der Waals surface area contributed by atoms with Crippen LogP contribution in [0.2, 0.25) is 0 Å². The van der Waals surface area contributed by atoms with Crippen LogP contribution in [0, 0.1) is 13.8 Å². The van der Waals surface area contributed by atoms with Gasteiger partial charge in [-0.3, -0.25) is 0 Å². The summed E-state index contributed by atoms with van der Waals surface area (Å²) in [6, 6.07) is 1.88. The van der Waals surface area contributed by atoms with E-state index in [1.807, 2.05) is 33.8 Å². The lowest BCUT2D eigenvalue weighted by molar-refractivity contribution is -0.0132. The van der Waals surface area contributed by atoms with Gasteiger partial charge in [-0.1, -0.05) is 0 Å². The molecule has 4 nitrogen and oxygen atoms in total. The fourth-order valence-electron chi connectivity index (χ4n) is 2.08. The van der Waals surface area contributed by atoms with Gasteiger partial charge in [0, 0.05) is 19.1 Å². The monoisotopic (exact) mass is 235 g/mol. The molecule has 2 heterocycles. The molecule has 0 saturated carbocycles. The van der Waals surface area contributed by atoms with Gasteiger partial charge in [-0.05, 0) is 26.8 Å². The van der Waals surface area contributed by atoms with E-state index in [0.717, 1.165) is 17.0 Å². The van der Waals surface area contributed by atoms with E-state index in [4.69, 9.17) is 13.6 Å². The molecule has 17 heavy (non-hydrogen) atoms. The number of ether oxygens (including phenoxy) is 1. The van der Waals surface area contributed by atoms with Crippen LogP contribution in [0.25, 0.3) is 0 Å². The summed E-state index contributed by atoms with van der Waals surface area (Å²) in [5.41, 5.74) is 1.13. The van der Waals surface area contributed by atoms with Gasteiger partial charge in [0.25, 0.3) is 0 Å². The molecule has 2 aromatic rings. The van der Waals surface area contributed by atoms with Crippen molar-refractivity contribution in [2.45, 2.75) is 33.3 Å². The highest BCUT2D eigenvalue weighted by atomic mass is 16.5. The van der Waals surface area contributed by atoms with Crippen molar-refractivity contribution >= 4 is 0 Å². The number of hydrogen-bond donors (Lipinski definition) is 0. The van der Waals surface area contributed by atoms with Crippen LogP contribution in [0.3, 0.4) is 0 Å². The van der Waals surface area contributed by atoms with E-state index in [0.29, 0.717) is 12.5 Å². The molecule has 0 aliphatic rings. The van der Waals surface area contributed by atoms with Gasteiger partial charge < -0.3 is 13.6 Å². The Morgan fingerprint density at radius 2 is 2.18 bits per heavy atom. The fraction of sp³-hybridized carbons (Fsp3) is 0.462. The number of hydrogen-bond acceptors (Lipinski definition) is 4. The van der Waals surface area contributed by atoms with E-state index < -0.39 is 5.60 Å². The van der Waals surface area contributed by atoms with Crippen molar-refractivity contribution in [1.82, 2.24) is 4.98 Å². The molecule has 0 saturated heterocycles. The lowest BCUT2D eigenvalue weighted by Gasteiger charge is -2.26. The number of rotatable bonds is 4. The molecule has 0 spiro atoms. The topological polar surface area (TPSA) is 48.4 Å². The Labute approximate surface area is 101 Å². The molecule has 0 aliphatic heterocycles. The number of aryl methyl sites for hydroxylation is 2.